The number of nitrogens with zero attached hydrogens (tertiary/aromatic N) is 3. The molecule has 1 aromatic heterocycles. The summed E-state index contributed by atoms with van der Waals surface area (Å²) < 4.78 is 1.82. The van der Waals surface area contributed by atoms with Crippen molar-refractivity contribution < 1.29 is 9.72 Å². The molecule has 0 bridgehead atoms. The standard InChI is InChI=1S/C19H19N5O3/c25-19(16-4-2-15(3-5-16)14-23-13-1-10-22-23)21-12-11-20-17-6-8-18(9-7-17)24(26)27/h1-10,13,20H,11-12,14H2,(H,21,25). The molecule has 3 aromatic rings. The van der Waals surface area contributed by atoms with Crippen molar-refractivity contribution in [2.24, 2.45) is 0 Å². The molecule has 0 fully saturated rings. The van der Waals surface area contributed by atoms with Gasteiger partial charge in [0.2, 0.25) is 0 Å². The molecule has 0 unspecified atom stereocenters. The highest BCUT2D eigenvalue weighted by Gasteiger charge is 2.06. The van der Waals surface area contributed by atoms with Gasteiger partial charge in [-0.05, 0) is 35.9 Å². The minimum Gasteiger partial charge on any atom is -0.383 e. The molecule has 2 N–H and O–H groups in total. The molecule has 1 amide bonds. The second kappa shape index (κ2) is 8.61. The molecule has 8 nitrogen and oxygen atoms in total. The molecule has 0 spiro atoms. The van der Waals surface area contributed by atoms with Gasteiger partial charge >= 0.3 is 0 Å². The number of aromatic nitrogens is 2. The third kappa shape index (κ3) is 5.15. The van der Waals surface area contributed by atoms with Gasteiger partial charge in [0.25, 0.3) is 11.6 Å². The van der Waals surface area contributed by atoms with Crippen LogP contribution in [0.15, 0.2) is 67.0 Å². The summed E-state index contributed by atoms with van der Waals surface area (Å²) in [5.41, 5.74) is 2.47. The Morgan fingerprint density at radius 2 is 1.81 bits per heavy atom. The van der Waals surface area contributed by atoms with Crippen LogP contribution in [-0.2, 0) is 6.54 Å². The summed E-state index contributed by atoms with van der Waals surface area (Å²) in [7, 11) is 0. The van der Waals surface area contributed by atoms with E-state index in [1.54, 1.807) is 30.5 Å². The number of carbonyl (C=O) groups is 1. The molecule has 0 aliphatic rings. The van der Waals surface area contributed by atoms with Gasteiger partial charge in [0.05, 0.1) is 11.5 Å². The minimum atomic E-state index is -0.440. The van der Waals surface area contributed by atoms with Crippen LogP contribution in [0.2, 0.25) is 0 Å². The molecule has 3 rings (SSSR count). The first-order chi connectivity index (χ1) is 13.1. The number of nitro groups is 1. The molecule has 27 heavy (non-hydrogen) atoms. The van der Waals surface area contributed by atoms with Crippen LogP contribution >= 0.6 is 0 Å². The van der Waals surface area contributed by atoms with E-state index >= 15 is 0 Å². The summed E-state index contributed by atoms with van der Waals surface area (Å²) in [4.78, 5) is 22.3. The number of nitro benzene ring substituents is 1. The number of rotatable bonds is 8. The van der Waals surface area contributed by atoms with Gasteiger partial charge < -0.3 is 10.6 Å². The molecule has 1 heterocycles. The number of amides is 1. The molecule has 0 radical (unpaired) electrons. The number of benzene rings is 2. The molecule has 0 aliphatic heterocycles. The number of anilines is 1. The molecule has 138 valence electrons. The van der Waals surface area contributed by atoms with Crippen molar-refractivity contribution in [1.82, 2.24) is 15.1 Å². The van der Waals surface area contributed by atoms with E-state index in [0.29, 0.717) is 25.2 Å². The summed E-state index contributed by atoms with van der Waals surface area (Å²) in [6.45, 7) is 1.61. The number of hydrogen-bond donors (Lipinski definition) is 2. The fourth-order valence-electron chi connectivity index (χ4n) is 2.53. The second-order valence-electron chi connectivity index (χ2n) is 5.89. The average Bonchev–Trinajstić information content (AvgIpc) is 3.19. The quantitative estimate of drug-likeness (QED) is 0.363. The number of nitrogens with one attached hydrogen (secondary N) is 2. The first-order valence-corrected chi connectivity index (χ1v) is 8.45. The second-order valence-corrected chi connectivity index (χ2v) is 5.89. The SMILES string of the molecule is O=C(NCCNc1ccc([N+](=O)[O-])cc1)c1ccc(Cn2cccn2)cc1. The highest BCUT2D eigenvalue weighted by atomic mass is 16.6. The Morgan fingerprint density at radius 1 is 1.07 bits per heavy atom. The van der Waals surface area contributed by atoms with Gasteiger partial charge in [-0.1, -0.05) is 12.1 Å². The first-order valence-electron chi connectivity index (χ1n) is 8.45. The highest BCUT2D eigenvalue weighted by molar-refractivity contribution is 5.94. The van der Waals surface area contributed by atoms with Crippen molar-refractivity contribution in [3.05, 3.63) is 88.2 Å². The van der Waals surface area contributed by atoms with E-state index in [0.717, 1.165) is 11.3 Å². The largest absolute Gasteiger partial charge is 0.383 e. The smallest absolute Gasteiger partial charge is 0.269 e. The molecule has 8 heteroatoms. The summed E-state index contributed by atoms with van der Waals surface area (Å²) >= 11 is 0. The Bertz CT molecular complexity index is 890. The van der Waals surface area contributed by atoms with Crippen LogP contribution in [0, 0.1) is 10.1 Å². The molecular weight excluding hydrogens is 346 g/mol. The Kier molecular flexibility index (Phi) is 5.78. The Balaban J connectivity index is 1.43. The van der Waals surface area contributed by atoms with Crippen LogP contribution in [0.25, 0.3) is 0 Å². The van der Waals surface area contributed by atoms with Crippen LogP contribution in [0.4, 0.5) is 11.4 Å². The third-order valence-corrected chi connectivity index (χ3v) is 3.94. The highest BCUT2D eigenvalue weighted by Crippen LogP contribution is 2.14. The zero-order valence-corrected chi connectivity index (χ0v) is 14.5. The number of hydrogen-bond acceptors (Lipinski definition) is 5. The van der Waals surface area contributed by atoms with Gasteiger partial charge in [0.1, 0.15) is 0 Å². The fourth-order valence-corrected chi connectivity index (χ4v) is 2.53. The Morgan fingerprint density at radius 3 is 2.44 bits per heavy atom. The van der Waals surface area contributed by atoms with Crippen LogP contribution < -0.4 is 10.6 Å². The van der Waals surface area contributed by atoms with Gasteiger partial charge in [-0.25, -0.2) is 0 Å². The zero-order chi connectivity index (χ0) is 19.1. The van der Waals surface area contributed by atoms with Crippen LogP contribution in [0.1, 0.15) is 15.9 Å². The summed E-state index contributed by atoms with van der Waals surface area (Å²) in [5, 5.41) is 20.7. The maximum absolute atomic E-state index is 12.2. The van der Waals surface area contributed by atoms with Gasteiger partial charge in [0, 0.05) is 48.9 Å². The number of carbonyl (C=O) groups excluding carboxylic acids is 1. The lowest BCUT2D eigenvalue weighted by Gasteiger charge is -2.08. The van der Waals surface area contributed by atoms with Crippen LogP contribution in [0.3, 0.4) is 0 Å². The Hall–Kier alpha value is -3.68. The predicted molar refractivity (Wildman–Crippen MR) is 102 cm³/mol. The van der Waals surface area contributed by atoms with Gasteiger partial charge in [-0.2, -0.15) is 5.10 Å². The zero-order valence-electron chi connectivity index (χ0n) is 14.5. The third-order valence-electron chi connectivity index (χ3n) is 3.94. The monoisotopic (exact) mass is 365 g/mol. The maximum Gasteiger partial charge on any atom is 0.269 e. The molecule has 2 aromatic carbocycles. The lowest BCUT2D eigenvalue weighted by atomic mass is 10.1. The molecule has 0 saturated heterocycles. The van der Waals surface area contributed by atoms with Gasteiger partial charge in [0.15, 0.2) is 0 Å². The van der Waals surface area contributed by atoms with E-state index < -0.39 is 4.92 Å². The van der Waals surface area contributed by atoms with Crippen LogP contribution in [-0.4, -0.2) is 33.7 Å². The first kappa shape index (κ1) is 18.1. The van der Waals surface area contributed by atoms with Crippen molar-refractivity contribution in [2.75, 3.05) is 18.4 Å². The Labute approximate surface area is 156 Å². The molecular formula is C19H19N5O3. The summed E-state index contributed by atoms with van der Waals surface area (Å²) in [5.74, 6) is -0.147. The molecule has 0 saturated carbocycles. The summed E-state index contributed by atoms with van der Waals surface area (Å²) in [6.07, 6.45) is 3.62. The van der Waals surface area contributed by atoms with Gasteiger partial charge in [-0.3, -0.25) is 19.6 Å². The van der Waals surface area contributed by atoms with E-state index in [2.05, 4.69) is 15.7 Å². The van der Waals surface area contributed by atoms with Gasteiger partial charge in [-0.15, -0.1) is 0 Å². The van der Waals surface area contributed by atoms with Crippen molar-refractivity contribution in [3.8, 4) is 0 Å². The van der Waals surface area contributed by atoms with E-state index in [1.165, 1.54) is 12.1 Å². The lowest BCUT2D eigenvalue weighted by molar-refractivity contribution is -0.384. The van der Waals surface area contributed by atoms with Crippen LogP contribution in [0.5, 0.6) is 0 Å². The van der Waals surface area contributed by atoms with Crippen molar-refractivity contribution in [1.29, 1.82) is 0 Å². The molecule has 0 aliphatic carbocycles. The van der Waals surface area contributed by atoms with Crippen molar-refractivity contribution in [3.63, 3.8) is 0 Å². The topological polar surface area (TPSA) is 102 Å². The summed E-state index contributed by atoms with van der Waals surface area (Å²) in [6, 6.07) is 15.4. The molecule has 0 atom stereocenters. The van der Waals surface area contributed by atoms with Crippen molar-refractivity contribution in [2.45, 2.75) is 6.54 Å². The van der Waals surface area contributed by atoms with E-state index in [1.807, 2.05) is 29.1 Å². The van der Waals surface area contributed by atoms with E-state index in [9.17, 15) is 14.9 Å². The average molecular weight is 365 g/mol. The predicted octanol–water partition coefficient (Wildman–Crippen LogP) is 2.68. The maximum atomic E-state index is 12.2. The minimum absolute atomic E-state index is 0.0462. The number of non-ortho nitro benzene ring substituents is 1. The fraction of sp³-hybridized carbons (Fsp3) is 0.158. The lowest BCUT2D eigenvalue weighted by Crippen LogP contribution is -2.28. The van der Waals surface area contributed by atoms with E-state index in [4.69, 9.17) is 0 Å². The van der Waals surface area contributed by atoms with Crippen molar-refractivity contribution >= 4 is 17.3 Å². The normalized spacial score (nSPS) is 10.4. The van der Waals surface area contributed by atoms with E-state index in [-0.39, 0.29) is 11.6 Å².